The van der Waals surface area contributed by atoms with E-state index in [0.717, 1.165) is 0 Å². The number of carbonyl (C=O) groups is 1. The molecule has 1 aliphatic rings. The van der Waals surface area contributed by atoms with Gasteiger partial charge in [0.1, 0.15) is 31.9 Å². The minimum absolute atomic E-state index is 0.108. The highest BCUT2D eigenvalue weighted by Crippen LogP contribution is 2.21. The summed E-state index contributed by atoms with van der Waals surface area (Å²) in [6, 6.07) is 0. The van der Waals surface area contributed by atoms with Gasteiger partial charge in [-0.1, -0.05) is 6.08 Å². The SMILES string of the molecule is COCO[C@H]1[C@@H](OCOC)C=C[C@@H]1OC(C)=O. The first-order chi connectivity index (χ1) is 8.19. The first kappa shape index (κ1) is 14.1. The Bertz CT molecular complexity index is 265. The van der Waals surface area contributed by atoms with E-state index >= 15 is 0 Å². The Kier molecular flexibility index (Phi) is 6.13. The second-order valence-corrected chi connectivity index (χ2v) is 3.53. The fraction of sp³-hybridized carbons (Fsp3) is 0.727. The van der Waals surface area contributed by atoms with Crippen molar-refractivity contribution in [2.24, 2.45) is 0 Å². The van der Waals surface area contributed by atoms with Gasteiger partial charge in [-0.2, -0.15) is 0 Å². The topological polar surface area (TPSA) is 63.2 Å². The zero-order valence-corrected chi connectivity index (χ0v) is 10.3. The van der Waals surface area contributed by atoms with Gasteiger partial charge >= 0.3 is 5.97 Å². The molecule has 0 amide bonds. The Morgan fingerprint density at radius 3 is 2.24 bits per heavy atom. The highest BCUT2D eigenvalue weighted by Gasteiger charge is 2.35. The van der Waals surface area contributed by atoms with Crippen molar-refractivity contribution in [3.63, 3.8) is 0 Å². The summed E-state index contributed by atoms with van der Waals surface area (Å²) in [5, 5.41) is 0. The minimum atomic E-state index is -0.454. The highest BCUT2D eigenvalue weighted by molar-refractivity contribution is 5.66. The molecule has 0 saturated carbocycles. The van der Waals surface area contributed by atoms with E-state index in [2.05, 4.69) is 0 Å². The van der Waals surface area contributed by atoms with Crippen LogP contribution in [0.1, 0.15) is 6.92 Å². The van der Waals surface area contributed by atoms with Gasteiger partial charge in [0.15, 0.2) is 0 Å². The van der Waals surface area contributed by atoms with Crippen LogP contribution in [0.2, 0.25) is 0 Å². The Hall–Kier alpha value is -0.950. The summed E-state index contributed by atoms with van der Waals surface area (Å²) >= 11 is 0. The quantitative estimate of drug-likeness (QED) is 0.369. The standard InChI is InChI=1S/C11H18O6/c1-8(12)17-10-5-4-9(15-6-13-2)11(10)16-7-14-3/h4-5,9-11H,6-7H2,1-3H3/t9-,10-,11-/m0/s1. The Labute approximate surface area is 100 Å². The molecule has 0 saturated heterocycles. The van der Waals surface area contributed by atoms with E-state index in [9.17, 15) is 4.79 Å². The van der Waals surface area contributed by atoms with E-state index in [0.29, 0.717) is 0 Å². The van der Waals surface area contributed by atoms with Crippen molar-refractivity contribution in [3.05, 3.63) is 12.2 Å². The number of carbonyl (C=O) groups excluding carboxylic acids is 1. The molecule has 1 aliphatic carbocycles. The minimum Gasteiger partial charge on any atom is -0.455 e. The van der Waals surface area contributed by atoms with Crippen LogP contribution in [-0.2, 0) is 28.5 Å². The number of ether oxygens (including phenoxy) is 5. The molecule has 0 spiro atoms. The second-order valence-electron chi connectivity index (χ2n) is 3.53. The molecule has 0 radical (unpaired) electrons. The average molecular weight is 246 g/mol. The van der Waals surface area contributed by atoms with Crippen molar-refractivity contribution in [2.75, 3.05) is 27.8 Å². The van der Waals surface area contributed by atoms with Gasteiger partial charge in [0.2, 0.25) is 0 Å². The Balaban J connectivity index is 2.53. The molecule has 17 heavy (non-hydrogen) atoms. The van der Waals surface area contributed by atoms with Crippen LogP contribution in [0.25, 0.3) is 0 Å². The van der Waals surface area contributed by atoms with Crippen molar-refractivity contribution in [1.29, 1.82) is 0 Å². The van der Waals surface area contributed by atoms with Crippen molar-refractivity contribution in [3.8, 4) is 0 Å². The van der Waals surface area contributed by atoms with Crippen molar-refractivity contribution >= 4 is 5.97 Å². The largest absolute Gasteiger partial charge is 0.455 e. The first-order valence-electron chi connectivity index (χ1n) is 5.25. The van der Waals surface area contributed by atoms with Gasteiger partial charge in [0, 0.05) is 21.1 Å². The normalized spacial score (nSPS) is 27.4. The van der Waals surface area contributed by atoms with Gasteiger partial charge in [0.05, 0.1) is 0 Å². The van der Waals surface area contributed by atoms with Crippen molar-refractivity contribution < 1.29 is 28.5 Å². The Morgan fingerprint density at radius 2 is 1.65 bits per heavy atom. The predicted molar refractivity (Wildman–Crippen MR) is 58.2 cm³/mol. The molecule has 0 aromatic heterocycles. The monoisotopic (exact) mass is 246 g/mol. The van der Waals surface area contributed by atoms with Crippen molar-refractivity contribution in [2.45, 2.75) is 25.2 Å². The summed E-state index contributed by atoms with van der Waals surface area (Å²) in [6.45, 7) is 1.61. The van der Waals surface area contributed by atoms with E-state index in [4.69, 9.17) is 23.7 Å². The van der Waals surface area contributed by atoms with Crippen LogP contribution < -0.4 is 0 Å². The van der Waals surface area contributed by atoms with E-state index in [1.54, 1.807) is 12.2 Å². The van der Waals surface area contributed by atoms with Crippen LogP contribution in [0.15, 0.2) is 12.2 Å². The van der Waals surface area contributed by atoms with Crippen LogP contribution in [0, 0.1) is 0 Å². The van der Waals surface area contributed by atoms with E-state index in [1.165, 1.54) is 21.1 Å². The third kappa shape index (κ3) is 4.43. The van der Waals surface area contributed by atoms with Gasteiger partial charge in [-0.05, 0) is 6.08 Å². The van der Waals surface area contributed by atoms with Gasteiger partial charge in [-0.3, -0.25) is 4.79 Å². The lowest BCUT2D eigenvalue weighted by Crippen LogP contribution is -2.38. The molecule has 0 fully saturated rings. The first-order valence-corrected chi connectivity index (χ1v) is 5.25. The lowest BCUT2D eigenvalue weighted by Gasteiger charge is -2.24. The predicted octanol–water partition coefficient (Wildman–Crippen LogP) is 0.466. The molecule has 6 nitrogen and oxygen atoms in total. The molecule has 1 rings (SSSR count). The van der Waals surface area contributed by atoms with Crippen LogP contribution in [0.5, 0.6) is 0 Å². The van der Waals surface area contributed by atoms with E-state index in [1.807, 2.05) is 0 Å². The molecule has 6 heteroatoms. The molecule has 0 aromatic carbocycles. The fourth-order valence-electron chi connectivity index (χ4n) is 1.56. The molecule has 0 aliphatic heterocycles. The zero-order valence-electron chi connectivity index (χ0n) is 10.3. The number of hydrogen-bond donors (Lipinski definition) is 0. The molecular formula is C11H18O6. The summed E-state index contributed by atoms with van der Waals surface area (Å²) in [7, 11) is 3.06. The summed E-state index contributed by atoms with van der Waals surface area (Å²) in [4.78, 5) is 10.9. The Morgan fingerprint density at radius 1 is 1.06 bits per heavy atom. The molecule has 0 unspecified atom stereocenters. The summed E-state index contributed by atoms with van der Waals surface area (Å²) < 4.78 is 25.6. The van der Waals surface area contributed by atoms with Gasteiger partial charge in [0.25, 0.3) is 0 Å². The lowest BCUT2D eigenvalue weighted by molar-refractivity contribution is -0.175. The van der Waals surface area contributed by atoms with Crippen LogP contribution in [0.4, 0.5) is 0 Å². The van der Waals surface area contributed by atoms with E-state index in [-0.39, 0.29) is 25.7 Å². The summed E-state index contributed by atoms with van der Waals surface area (Å²) in [5.74, 6) is -0.363. The summed E-state index contributed by atoms with van der Waals surface area (Å²) in [6.07, 6.45) is 2.35. The number of methoxy groups -OCH3 is 2. The number of hydrogen-bond acceptors (Lipinski definition) is 6. The van der Waals surface area contributed by atoms with Gasteiger partial charge < -0.3 is 23.7 Å². The van der Waals surface area contributed by atoms with Crippen LogP contribution in [-0.4, -0.2) is 52.1 Å². The third-order valence-corrected chi connectivity index (χ3v) is 2.20. The second kappa shape index (κ2) is 7.39. The number of rotatable bonds is 7. The molecule has 98 valence electrons. The molecule has 0 bridgehead atoms. The van der Waals surface area contributed by atoms with Crippen LogP contribution >= 0.6 is 0 Å². The molecule has 3 atom stereocenters. The van der Waals surface area contributed by atoms with Gasteiger partial charge in [-0.15, -0.1) is 0 Å². The van der Waals surface area contributed by atoms with Crippen molar-refractivity contribution in [1.82, 2.24) is 0 Å². The third-order valence-electron chi connectivity index (χ3n) is 2.20. The maximum Gasteiger partial charge on any atom is 0.303 e. The van der Waals surface area contributed by atoms with Crippen LogP contribution in [0.3, 0.4) is 0 Å². The molecule has 0 N–H and O–H groups in total. The number of esters is 1. The smallest absolute Gasteiger partial charge is 0.303 e. The highest BCUT2D eigenvalue weighted by atomic mass is 16.7. The van der Waals surface area contributed by atoms with E-state index < -0.39 is 12.2 Å². The fourth-order valence-corrected chi connectivity index (χ4v) is 1.56. The molecule has 0 heterocycles. The maximum absolute atomic E-state index is 10.9. The molecular weight excluding hydrogens is 228 g/mol. The maximum atomic E-state index is 10.9. The molecule has 0 aromatic rings. The zero-order chi connectivity index (χ0) is 12.7. The average Bonchev–Trinajstić information content (AvgIpc) is 2.65. The summed E-state index contributed by atoms with van der Waals surface area (Å²) in [5.41, 5.74) is 0. The van der Waals surface area contributed by atoms with Gasteiger partial charge in [-0.25, -0.2) is 0 Å². The lowest BCUT2D eigenvalue weighted by atomic mass is 10.2.